The number of pyridine rings is 1. The first kappa shape index (κ1) is 16.9. The molecule has 1 aromatic heterocycles. The smallest absolute Gasteiger partial charge is 0.315 e. The lowest BCUT2D eigenvalue weighted by molar-refractivity contribution is -0.384. The Kier molecular flexibility index (Phi) is 5.05. The minimum atomic E-state index is -0.952. The first-order valence-electron chi connectivity index (χ1n) is 6.78. The van der Waals surface area contributed by atoms with Crippen LogP contribution in [-0.4, -0.2) is 28.8 Å². The summed E-state index contributed by atoms with van der Waals surface area (Å²) in [6.45, 7) is 1.74. The maximum Gasteiger partial charge on any atom is 0.315 e. The van der Waals surface area contributed by atoms with E-state index in [0.717, 1.165) is 6.07 Å². The number of aryl methyl sites for hydroxylation is 1. The highest BCUT2D eigenvalue weighted by atomic mass is 16.6. The third kappa shape index (κ3) is 3.83. The van der Waals surface area contributed by atoms with Gasteiger partial charge >= 0.3 is 11.8 Å². The van der Waals surface area contributed by atoms with E-state index in [1.54, 1.807) is 19.1 Å². The molecule has 0 atom stereocenters. The molecule has 0 aliphatic heterocycles. The maximum atomic E-state index is 12.0. The number of carbonyl (C=O) groups excluding carboxylic acids is 2. The summed E-state index contributed by atoms with van der Waals surface area (Å²) in [5.74, 6) is -1.53. The molecular formula is C15H14N4O5. The summed E-state index contributed by atoms with van der Waals surface area (Å²) in [4.78, 5) is 38.0. The molecule has 9 heteroatoms. The van der Waals surface area contributed by atoms with Crippen LogP contribution in [0, 0.1) is 17.0 Å². The van der Waals surface area contributed by atoms with Crippen molar-refractivity contribution in [3.8, 4) is 5.75 Å². The highest BCUT2D eigenvalue weighted by Gasteiger charge is 2.19. The SMILES string of the molecule is COc1cc([N+](=O)[O-])ccc1NC(=O)C(=O)Nc1ncccc1C. The lowest BCUT2D eigenvalue weighted by Crippen LogP contribution is -2.29. The van der Waals surface area contributed by atoms with Crippen LogP contribution in [0.4, 0.5) is 17.2 Å². The Balaban J connectivity index is 2.13. The number of rotatable bonds is 4. The second-order valence-corrected chi connectivity index (χ2v) is 4.72. The van der Waals surface area contributed by atoms with E-state index in [9.17, 15) is 19.7 Å². The molecule has 0 radical (unpaired) electrons. The molecule has 0 saturated carbocycles. The van der Waals surface area contributed by atoms with Crippen molar-refractivity contribution in [1.29, 1.82) is 0 Å². The van der Waals surface area contributed by atoms with Crippen molar-refractivity contribution in [2.24, 2.45) is 0 Å². The predicted molar refractivity (Wildman–Crippen MR) is 85.9 cm³/mol. The Bertz CT molecular complexity index is 806. The molecule has 0 unspecified atom stereocenters. The van der Waals surface area contributed by atoms with Gasteiger partial charge in [0.05, 0.1) is 23.8 Å². The van der Waals surface area contributed by atoms with Gasteiger partial charge in [-0.15, -0.1) is 0 Å². The van der Waals surface area contributed by atoms with Crippen molar-refractivity contribution in [3.63, 3.8) is 0 Å². The van der Waals surface area contributed by atoms with Crippen molar-refractivity contribution in [2.45, 2.75) is 6.92 Å². The summed E-state index contributed by atoms with van der Waals surface area (Å²) in [5.41, 5.74) is 0.644. The van der Waals surface area contributed by atoms with E-state index in [2.05, 4.69) is 15.6 Å². The molecule has 2 aromatic rings. The molecule has 24 heavy (non-hydrogen) atoms. The monoisotopic (exact) mass is 330 g/mol. The average molecular weight is 330 g/mol. The van der Waals surface area contributed by atoms with E-state index in [0.29, 0.717) is 5.56 Å². The third-order valence-electron chi connectivity index (χ3n) is 3.09. The zero-order valence-electron chi connectivity index (χ0n) is 12.9. The van der Waals surface area contributed by atoms with E-state index in [1.807, 2.05) is 0 Å². The molecule has 124 valence electrons. The van der Waals surface area contributed by atoms with Crippen LogP contribution in [0.3, 0.4) is 0 Å². The maximum absolute atomic E-state index is 12.0. The number of ether oxygens (including phenoxy) is 1. The van der Waals surface area contributed by atoms with Gasteiger partial charge in [0.1, 0.15) is 11.6 Å². The van der Waals surface area contributed by atoms with Crippen molar-refractivity contribution < 1.29 is 19.2 Å². The number of methoxy groups -OCH3 is 1. The Labute approximate surface area is 136 Å². The van der Waals surface area contributed by atoms with Crippen LogP contribution in [-0.2, 0) is 9.59 Å². The van der Waals surface area contributed by atoms with Gasteiger partial charge in [0.2, 0.25) is 0 Å². The van der Waals surface area contributed by atoms with Crippen LogP contribution in [0.1, 0.15) is 5.56 Å². The van der Waals surface area contributed by atoms with Crippen LogP contribution < -0.4 is 15.4 Å². The van der Waals surface area contributed by atoms with Crippen molar-refractivity contribution in [3.05, 3.63) is 52.2 Å². The fourth-order valence-electron chi connectivity index (χ4n) is 1.86. The van der Waals surface area contributed by atoms with Gasteiger partial charge in [0.25, 0.3) is 5.69 Å². The number of non-ortho nitro benzene ring substituents is 1. The number of anilines is 2. The Morgan fingerprint density at radius 1 is 1.21 bits per heavy atom. The summed E-state index contributed by atoms with van der Waals surface area (Å²) in [7, 11) is 1.30. The number of aromatic nitrogens is 1. The molecule has 9 nitrogen and oxygen atoms in total. The zero-order chi connectivity index (χ0) is 17.7. The minimum Gasteiger partial charge on any atom is -0.494 e. The van der Waals surface area contributed by atoms with E-state index in [1.165, 1.54) is 25.4 Å². The molecule has 0 aliphatic carbocycles. The van der Waals surface area contributed by atoms with Gasteiger partial charge in [-0.25, -0.2) is 4.98 Å². The highest BCUT2D eigenvalue weighted by molar-refractivity contribution is 6.43. The number of nitro benzene ring substituents is 1. The quantitative estimate of drug-likeness (QED) is 0.501. The summed E-state index contributed by atoms with van der Waals surface area (Å²) < 4.78 is 4.99. The van der Waals surface area contributed by atoms with E-state index in [4.69, 9.17) is 4.74 Å². The largest absolute Gasteiger partial charge is 0.494 e. The Morgan fingerprint density at radius 3 is 2.54 bits per heavy atom. The molecule has 0 saturated heterocycles. The first-order valence-corrected chi connectivity index (χ1v) is 6.78. The minimum absolute atomic E-state index is 0.0689. The van der Waals surface area contributed by atoms with Gasteiger partial charge in [-0.3, -0.25) is 19.7 Å². The second kappa shape index (κ2) is 7.18. The number of nitrogens with one attached hydrogen (secondary N) is 2. The molecule has 0 fully saturated rings. The average Bonchev–Trinajstić information content (AvgIpc) is 2.56. The van der Waals surface area contributed by atoms with E-state index >= 15 is 0 Å². The number of amides is 2. The predicted octanol–water partition coefficient (Wildman–Crippen LogP) is 1.88. The first-order chi connectivity index (χ1) is 11.4. The van der Waals surface area contributed by atoms with E-state index in [-0.39, 0.29) is 22.9 Å². The lowest BCUT2D eigenvalue weighted by Gasteiger charge is -2.10. The molecule has 2 N–H and O–H groups in total. The Hall–Kier alpha value is -3.49. The summed E-state index contributed by atoms with van der Waals surface area (Å²) in [6, 6.07) is 7.07. The molecular weight excluding hydrogens is 316 g/mol. The topological polar surface area (TPSA) is 123 Å². The van der Waals surface area contributed by atoms with Gasteiger partial charge in [-0.05, 0) is 24.6 Å². The van der Waals surface area contributed by atoms with Crippen LogP contribution in [0.5, 0.6) is 5.75 Å². The number of hydrogen-bond acceptors (Lipinski definition) is 6. The normalized spacial score (nSPS) is 9.92. The summed E-state index contributed by atoms with van der Waals surface area (Å²) in [6.07, 6.45) is 1.49. The molecule has 2 rings (SSSR count). The zero-order valence-corrected chi connectivity index (χ0v) is 12.9. The van der Waals surface area contributed by atoms with Crippen molar-refractivity contribution >= 4 is 29.0 Å². The fourth-order valence-corrected chi connectivity index (χ4v) is 1.86. The van der Waals surface area contributed by atoms with Crippen molar-refractivity contribution in [1.82, 2.24) is 4.98 Å². The lowest BCUT2D eigenvalue weighted by atomic mass is 10.2. The standard InChI is InChI=1S/C15H14N4O5/c1-9-4-3-7-16-13(9)18-15(21)14(20)17-11-6-5-10(19(22)23)8-12(11)24-2/h3-8H,1-2H3,(H,17,20)(H,16,18,21). The van der Waals surface area contributed by atoms with Gasteiger partial charge in [-0.2, -0.15) is 0 Å². The molecule has 1 heterocycles. The van der Waals surface area contributed by atoms with Crippen LogP contribution in [0.15, 0.2) is 36.5 Å². The van der Waals surface area contributed by atoms with Gasteiger partial charge in [0.15, 0.2) is 0 Å². The highest BCUT2D eigenvalue weighted by Crippen LogP contribution is 2.28. The summed E-state index contributed by atoms with van der Waals surface area (Å²) >= 11 is 0. The molecule has 2 amide bonds. The third-order valence-corrected chi connectivity index (χ3v) is 3.09. The molecule has 0 spiro atoms. The van der Waals surface area contributed by atoms with Gasteiger partial charge < -0.3 is 15.4 Å². The van der Waals surface area contributed by atoms with Crippen LogP contribution in [0.2, 0.25) is 0 Å². The number of hydrogen-bond donors (Lipinski definition) is 2. The summed E-state index contributed by atoms with van der Waals surface area (Å²) in [5, 5.41) is 15.5. The van der Waals surface area contributed by atoms with Crippen LogP contribution in [0.25, 0.3) is 0 Å². The van der Waals surface area contributed by atoms with E-state index < -0.39 is 16.7 Å². The van der Waals surface area contributed by atoms with Crippen LogP contribution >= 0.6 is 0 Å². The molecule has 0 aliphatic rings. The van der Waals surface area contributed by atoms with Crippen molar-refractivity contribution in [2.75, 3.05) is 17.7 Å². The number of benzene rings is 1. The molecule has 0 bridgehead atoms. The molecule has 1 aromatic carbocycles. The number of nitro groups is 1. The number of carbonyl (C=O) groups is 2. The second-order valence-electron chi connectivity index (χ2n) is 4.72. The fraction of sp³-hybridized carbons (Fsp3) is 0.133. The van der Waals surface area contributed by atoms with Gasteiger partial charge in [-0.1, -0.05) is 6.07 Å². The Morgan fingerprint density at radius 2 is 1.92 bits per heavy atom. The van der Waals surface area contributed by atoms with Gasteiger partial charge in [0, 0.05) is 12.3 Å². The number of nitrogens with zero attached hydrogens (tertiary/aromatic N) is 2.